The van der Waals surface area contributed by atoms with Gasteiger partial charge in [-0.25, -0.2) is 19.6 Å². The van der Waals surface area contributed by atoms with Crippen LogP contribution in [0, 0.1) is 23.7 Å². The van der Waals surface area contributed by atoms with Crippen LogP contribution in [0.3, 0.4) is 0 Å². The van der Waals surface area contributed by atoms with Gasteiger partial charge in [-0.15, -0.1) is 0 Å². The first-order valence-electron chi connectivity index (χ1n) is 24.7. The Morgan fingerprint density at radius 3 is 1.54 bits per heavy atom. The molecule has 4 amide bonds. The van der Waals surface area contributed by atoms with Crippen LogP contribution in [0.25, 0.3) is 33.6 Å². The number of nitrogens with zero attached hydrogens (tertiary/aromatic N) is 4. The minimum Gasteiger partial charge on any atom is -0.453 e. The van der Waals surface area contributed by atoms with Gasteiger partial charge < -0.3 is 39.9 Å². The average Bonchev–Trinajstić information content (AvgIpc) is 4.22. The van der Waals surface area contributed by atoms with Gasteiger partial charge in [0.1, 0.15) is 23.7 Å². The number of aryl methyl sites for hydroxylation is 4. The fourth-order valence-electron chi connectivity index (χ4n) is 12.2. The minimum atomic E-state index is -0.682. The van der Waals surface area contributed by atoms with E-state index in [1.54, 1.807) is 0 Å². The van der Waals surface area contributed by atoms with Gasteiger partial charge >= 0.3 is 12.2 Å². The second-order valence-corrected chi connectivity index (χ2v) is 20.5. The molecule has 356 valence electrons. The van der Waals surface area contributed by atoms with Gasteiger partial charge in [-0.1, -0.05) is 82.3 Å². The summed E-state index contributed by atoms with van der Waals surface area (Å²) in [5.74, 6) is 1.86. The first-order valence-corrected chi connectivity index (χ1v) is 24.7. The third-order valence-corrected chi connectivity index (χ3v) is 15.7. The second kappa shape index (κ2) is 18.6. The number of nitrogens with one attached hydrogen (secondary N) is 4. The normalized spacial score (nSPS) is 23.5. The number of aromatic amines is 2. The molecule has 6 aliphatic carbocycles. The molecular weight excluding hydrogens is 857 g/mol. The third kappa shape index (κ3) is 8.44. The number of alkyl carbamates (subject to hydrolysis) is 2. The predicted octanol–water partition coefficient (Wildman–Crippen LogP) is 8.88. The highest BCUT2D eigenvalue weighted by Gasteiger charge is 2.53. The van der Waals surface area contributed by atoms with Crippen LogP contribution in [0.5, 0.6) is 0 Å². The molecule has 14 heteroatoms. The minimum absolute atomic E-state index is 0.0764. The van der Waals surface area contributed by atoms with Crippen molar-refractivity contribution in [2.45, 2.75) is 128 Å². The van der Waals surface area contributed by atoms with Crippen LogP contribution >= 0.6 is 0 Å². The monoisotopic (exact) mass is 920 g/mol. The summed E-state index contributed by atoms with van der Waals surface area (Å²) in [7, 11) is 2.64. The molecule has 8 bridgehead atoms. The van der Waals surface area contributed by atoms with E-state index in [0.717, 1.165) is 98.4 Å². The van der Waals surface area contributed by atoms with E-state index in [0.29, 0.717) is 11.8 Å². The molecule has 2 aliphatic heterocycles. The number of fused-ring (bicyclic) bond motifs is 4. The fourth-order valence-corrected chi connectivity index (χ4v) is 12.2. The number of likely N-dealkylation sites (tertiary alicyclic amines) is 2. The summed E-state index contributed by atoms with van der Waals surface area (Å²) >= 11 is 0. The third-order valence-electron chi connectivity index (χ3n) is 15.7. The van der Waals surface area contributed by atoms with Gasteiger partial charge in [0, 0.05) is 17.6 Å². The van der Waals surface area contributed by atoms with Gasteiger partial charge in [0.25, 0.3) is 0 Å². The molecule has 0 radical (unpaired) electrons. The van der Waals surface area contributed by atoms with Crippen LogP contribution in [0.2, 0.25) is 0 Å². The number of aromatic nitrogens is 4. The number of hydrogen-bond donors (Lipinski definition) is 4. The Morgan fingerprint density at radius 1 is 0.588 bits per heavy atom. The predicted molar refractivity (Wildman–Crippen MR) is 258 cm³/mol. The molecule has 68 heavy (non-hydrogen) atoms. The topological polar surface area (TPSA) is 175 Å². The molecule has 4 fully saturated rings. The highest BCUT2D eigenvalue weighted by Crippen LogP contribution is 2.51. The highest BCUT2D eigenvalue weighted by molar-refractivity contribution is 5.88. The van der Waals surface area contributed by atoms with Crippen LogP contribution in [-0.4, -0.2) is 92.1 Å². The number of benzene rings is 3. The average molecular weight is 921 g/mol. The summed E-state index contributed by atoms with van der Waals surface area (Å²) in [6.45, 7) is 7.78. The SMILES string of the molecule is COC(=O)N[C@H](C(=O)N1C2CCC(C2)[C@H]1c1ncc(-c2ccc(-c3cc4ccc3CCc3ccc(c(-c5cnc([C@@H]6C7CCC(C7)N6C(=O)[C@@H](NC(=O)OC)C(C)C)[nH]5)c3)CC4)cc2)[nH]1)C(C)C. The summed E-state index contributed by atoms with van der Waals surface area (Å²) in [6.07, 6.45) is 12.0. The zero-order valence-electron chi connectivity index (χ0n) is 40.0. The van der Waals surface area contributed by atoms with Crippen molar-refractivity contribution >= 4 is 24.0 Å². The lowest BCUT2D eigenvalue weighted by molar-refractivity contribution is -0.140. The molecule has 4 unspecified atom stereocenters. The molecule has 13 rings (SSSR count). The van der Waals surface area contributed by atoms with E-state index in [4.69, 9.17) is 19.4 Å². The Bertz CT molecular complexity index is 2710. The lowest BCUT2D eigenvalue weighted by atomic mass is 9.88. The Morgan fingerprint density at radius 2 is 1.04 bits per heavy atom. The first-order chi connectivity index (χ1) is 32.9. The maximum absolute atomic E-state index is 14.2. The maximum Gasteiger partial charge on any atom is 0.407 e. The number of carbonyl (C=O) groups excluding carboxylic acids is 4. The van der Waals surface area contributed by atoms with Crippen LogP contribution in [0.15, 0.2) is 73.1 Å². The lowest BCUT2D eigenvalue weighted by Crippen LogP contribution is -2.54. The van der Waals surface area contributed by atoms with E-state index in [2.05, 4.69) is 81.3 Å². The Balaban J connectivity index is 0.856. The largest absolute Gasteiger partial charge is 0.453 e. The van der Waals surface area contributed by atoms with Gasteiger partial charge in [-0.2, -0.15) is 0 Å². The number of H-pyrrole nitrogens is 2. The molecule has 4 N–H and O–H groups in total. The molecule has 2 aromatic heterocycles. The van der Waals surface area contributed by atoms with Gasteiger partial charge in [0.15, 0.2) is 0 Å². The van der Waals surface area contributed by atoms with Gasteiger partial charge in [-0.05, 0) is 133 Å². The van der Waals surface area contributed by atoms with E-state index >= 15 is 0 Å². The molecule has 8 atom stereocenters. The van der Waals surface area contributed by atoms with Crippen LogP contribution in [0.4, 0.5) is 9.59 Å². The number of rotatable bonds is 11. The molecular formula is C54H64N8O6. The molecule has 0 spiro atoms. The molecule has 5 aromatic rings. The van der Waals surface area contributed by atoms with Gasteiger partial charge in [-0.3, -0.25) is 9.59 Å². The van der Waals surface area contributed by atoms with Crippen molar-refractivity contribution in [3.05, 3.63) is 107 Å². The Kier molecular flexibility index (Phi) is 12.4. The smallest absolute Gasteiger partial charge is 0.407 e. The van der Waals surface area contributed by atoms with Crippen molar-refractivity contribution in [1.29, 1.82) is 0 Å². The lowest BCUT2D eigenvalue weighted by Gasteiger charge is -2.37. The fraction of sp³-hybridized carbons (Fsp3) is 0.481. The van der Waals surface area contributed by atoms with Crippen LogP contribution in [0.1, 0.15) is 112 Å². The van der Waals surface area contributed by atoms with E-state index in [1.165, 1.54) is 47.6 Å². The van der Waals surface area contributed by atoms with E-state index in [9.17, 15) is 19.2 Å². The van der Waals surface area contributed by atoms with Crippen LogP contribution < -0.4 is 10.6 Å². The molecule has 3 aromatic carbocycles. The summed E-state index contributed by atoms with van der Waals surface area (Å²) < 4.78 is 9.74. The van der Waals surface area contributed by atoms with Crippen molar-refractivity contribution in [3.8, 4) is 33.6 Å². The van der Waals surface area contributed by atoms with Gasteiger partial charge in [0.05, 0.1) is 50.1 Å². The summed E-state index contributed by atoms with van der Waals surface area (Å²) in [5, 5.41) is 5.58. The number of piperidine rings is 2. The number of carbonyl (C=O) groups is 4. The van der Waals surface area contributed by atoms with E-state index in [1.807, 2.05) is 49.9 Å². The summed E-state index contributed by atoms with van der Waals surface area (Å²) in [5.41, 5.74) is 11.5. The van der Waals surface area contributed by atoms with Crippen molar-refractivity contribution in [2.75, 3.05) is 14.2 Å². The van der Waals surface area contributed by atoms with Gasteiger partial charge in [0.2, 0.25) is 11.8 Å². The number of methoxy groups -OCH3 is 2. The molecule has 2 saturated carbocycles. The summed E-state index contributed by atoms with van der Waals surface area (Å²) in [4.78, 5) is 73.9. The maximum atomic E-state index is 14.2. The standard InChI is InChI=1S/C54H64N8O6/c1-29(2)45(59-53(65)67-5)51(63)61-39-21-19-37(25-39)47(61)49-55-27-43(57-49)36-17-15-34(16-18-36)41-23-31-7-11-33(41)12-8-32-10-14-35(13-9-31)42(24-32)44-28-56-50(58-44)48-38-20-22-40(26-38)62(48)52(64)46(30(3)4)60-54(66)68-6/h7,10-11,14-18,23-24,27-30,37-40,45-48H,8-9,12-13,19-22,25-26H2,1-6H3,(H,55,57)(H,56,58)(H,59,65)(H,60,66)/t37?,38?,39?,40?,45-,46-,47-,48-/m0/s1. The van der Waals surface area contributed by atoms with Crippen LogP contribution in [-0.2, 0) is 44.7 Å². The number of hydrogen-bond acceptors (Lipinski definition) is 8. The molecule has 4 heterocycles. The Hall–Kier alpha value is -6.44. The van der Waals surface area contributed by atoms with Crippen molar-refractivity contribution < 1.29 is 28.7 Å². The first kappa shape index (κ1) is 45.3. The molecule has 8 aliphatic rings. The van der Waals surface area contributed by atoms with Crippen molar-refractivity contribution in [1.82, 2.24) is 40.4 Å². The quantitative estimate of drug-likeness (QED) is 0.102. The number of ether oxygens (including phenoxy) is 2. The van der Waals surface area contributed by atoms with Crippen molar-refractivity contribution in [3.63, 3.8) is 0 Å². The summed E-state index contributed by atoms with van der Waals surface area (Å²) in [6, 6.07) is 21.1. The zero-order chi connectivity index (χ0) is 47.4. The Labute approximate surface area is 398 Å². The van der Waals surface area contributed by atoms with E-state index in [-0.39, 0.29) is 47.8 Å². The number of imidazole rings is 2. The highest BCUT2D eigenvalue weighted by atomic mass is 16.5. The zero-order valence-corrected chi connectivity index (χ0v) is 40.0. The second-order valence-electron chi connectivity index (χ2n) is 20.5. The van der Waals surface area contributed by atoms with Crippen molar-refractivity contribution in [2.24, 2.45) is 23.7 Å². The molecule has 2 saturated heterocycles. The van der Waals surface area contributed by atoms with E-state index < -0.39 is 24.3 Å². The number of amides is 4. The molecule has 14 nitrogen and oxygen atoms in total.